The van der Waals surface area contributed by atoms with Crippen LogP contribution in [-0.2, 0) is 16.2 Å². The Morgan fingerprint density at radius 3 is 2.44 bits per heavy atom. The van der Waals surface area contributed by atoms with Crippen molar-refractivity contribution in [2.75, 3.05) is 20.2 Å². The second-order valence-electron chi connectivity index (χ2n) is 7.77. The first-order valence-corrected chi connectivity index (χ1v) is 11.5. The van der Waals surface area contributed by atoms with E-state index in [1.807, 2.05) is 0 Å². The Kier molecular flexibility index (Phi) is 5.67. The number of benzene rings is 2. The molecule has 1 fully saturated rings. The molecule has 172 valence electrons. The average Bonchev–Trinajstić information content (AvgIpc) is 2.73. The van der Waals surface area contributed by atoms with Crippen molar-refractivity contribution in [3.05, 3.63) is 52.5 Å². The van der Waals surface area contributed by atoms with Gasteiger partial charge >= 0.3 is 6.18 Å². The number of ketones is 1. The fourth-order valence-electron chi connectivity index (χ4n) is 4.10. The number of methoxy groups -OCH3 is 1. The number of piperidine rings is 1. The van der Waals surface area contributed by atoms with Gasteiger partial charge in [0.15, 0.2) is 5.78 Å². The van der Waals surface area contributed by atoms with Crippen LogP contribution in [0.15, 0.2) is 41.3 Å². The van der Waals surface area contributed by atoms with Crippen LogP contribution in [0.1, 0.15) is 35.2 Å². The van der Waals surface area contributed by atoms with E-state index >= 15 is 0 Å². The summed E-state index contributed by atoms with van der Waals surface area (Å²) in [5.41, 5.74) is -2.30. The van der Waals surface area contributed by atoms with Gasteiger partial charge in [0.25, 0.3) is 0 Å². The van der Waals surface area contributed by atoms with Crippen LogP contribution in [0.4, 0.5) is 13.2 Å². The number of carbonyl (C=O) groups is 1. The molecule has 0 aliphatic carbocycles. The summed E-state index contributed by atoms with van der Waals surface area (Å²) in [4.78, 5) is 12.6. The standard InChI is InChI=1S/C21H19ClF3NO5S/c1-30-18-6-5-13(11-16(18)22)32(28,29)26-9-7-20(8-10-26)12-17(27)14-3-2-4-15(19(14)31-20)21(23,24)25/h2-6,11H,7-10,12H2,1H3. The van der Waals surface area contributed by atoms with Gasteiger partial charge in [0.05, 0.1) is 34.6 Å². The second-order valence-corrected chi connectivity index (χ2v) is 10.1. The lowest BCUT2D eigenvalue weighted by Crippen LogP contribution is -2.52. The number of halogens is 4. The van der Waals surface area contributed by atoms with Crippen molar-refractivity contribution in [1.82, 2.24) is 4.31 Å². The molecule has 2 aliphatic heterocycles. The molecule has 6 nitrogen and oxygen atoms in total. The first kappa shape index (κ1) is 22.9. The predicted octanol–water partition coefficient (Wildman–Crippen LogP) is 4.56. The van der Waals surface area contributed by atoms with Gasteiger partial charge in [0, 0.05) is 25.9 Å². The van der Waals surface area contributed by atoms with Crippen LogP contribution in [0.25, 0.3) is 0 Å². The molecule has 2 aromatic rings. The number of para-hydroxylation sites is 1. The lowest BCUT2D eigenvalue weighted by molar-refractivity contribution is -0.140. The SMILES string of the molecule is COc1ccc(S(=O)(=O)N2CCC3(CC2)CC(=O)c2cccc(C(F)(F)F)c2O3)cc1Cl. The molecule has 2 heterocycles. The third-order valence-electron chi connectivity index (χ3n) is 5.82. The van der Waals surface area contributed by atoms with E-state index in [1.165, 1.54) is 41.7 Å². The first-order valence-electron chi connectivity index (χ1n) is 9.73. The molecule has 2 aromatic carbocycles. The van der Waals surface area contributed by atoms with Crippen molar-refractivity contribution < 1.29 is 35.9 Å². The number of alkyl halides is 3. The summed E-state index contributed by atoms with van der Waals surface area (Å²) < 4.78 is 78.5. The van der Waals surface area contributed by atoms with Gasteiger partial charge in [-0.3, -0.25) is 4.79 Å². The normalized spacial score (nSPS) is 18.8. The molecule has 1 spiro atoms. The van der Waals surface area contributed by atoms with Crippen molar-refractivity contribution in [1.29, 1.82) is 0 Å². The maximum Gasteiger partial charge on any atom is 0.419 e. The Labute approximate surface area is 187 Å². The lowest BCUT2D eigenvalue weighted by atomic mass is 9.82. The van der Waals surface area contributed by atoms with Gasteiger partial charge in [0.1, 0.15) is 17.1 Å². The molecule has 2 aliphatic rings. The zero-order valence-corrected chi connectivity index (χ0v) is 18.5. The van der Waals surface area contributed by atoms with Crippen LogP contribution in [-0.4, -0.2) is 44.3 Å². The third-order valence-corrected chi connectivity index (χ3v) is 8.01. The van der Waals surface area contributed by atoms with Crippen LogP contribution in [0, 0.1) is 0 Å². The zero-order valence-electron chi connectivity index (χ0n) is 16.9. The molecule has 0 atom stereocenters. The maximum atomic E-state index is 13.5. The van der Waals surface area contributed by atoms with E-state index < -0.39 is 38.9 Å². The van der Waals surface area contributed by atoms with Gasteiger partial charge in [-0.05, 0) is 30.3 Å². The minimum absolute atomic E-state index is 0.0111. The third kappa shape index (κ3) is 3.95. The molecule has 0 unspecified atom stereocenters. The van der Waals surface area contributed by atoms with Gasteiger partial charge in [0.2, 0.25) is 10.0 Å². The number of sulfonamides is 1. The highest BCUT2D eigenvalue weighted by Gasteiger charge is 2.48. The van der Waals surface area contributed by atoms with Crippen LogP contribution in [0.2, 0.25) is 5.02 Å². The van der Waals surface area contributed by atoms with Gasteiger partial charge in [-0.1, -0.05) is 17.7 Å². The fraction of sp³-hybridized carbons (Fsp3) is 0.381. The number of ether oxygens (including phenoxy) is 2. The van der Waals surface area contributed by atoms with E-state index in [-0.39, 0.29) is 47.8 Å². The first-order chi connectivity index (χ1) is 15.0. The summed E-state index contributed by atoms with van der Waals surface area (Å²) in [7, 11) is -2.49. The predicted molar refractivity (Wildman–Crippen MR) is 110 cm³/mol. The maximum absolute atomic E-state index is 13.5. The van der Waals surface area contributed by atoms with Crippen molar-refractivity contribution in [2.24, 2.45) is 0 Å². The van der Waals surface area contributed by atoms with Crippen LogP contribution in [0.3, 0.4) is 0 Å². The van der Waals surface area contributed by atoms with E-state index in [1.54, 1.807) is 0 Å². The summed E-state index contributed by atoms with van der Waals surface area (Å²) >= 11 is 6.05. The Balaban J connectivity index is 1.58. The van der Waals surface area contributed by atoms with Crippen molar-refractivity contribution >= 4 is 27.4 Å². The molecule has 11 heteroatoms. The van der Waals surface area contributed by atoms with Crippen LogP contribution in [0.5, 0.6) is 11.5 Å². The van der Waals surface area contributed by atoms with Crippen molar-refractivity contribution in [3.63, 3.8) is 0 Å². The molecule has 0 radical (unpaired) electrons. The number of Topliss-reactive ketones (excluding diaryl/α,β-unsaturated/α-hetero) is 1. The van der Waals surface area contributed by atoms with Gasteiger partial charge < -0.3 is 9.47 Å². The van der Waals surface area contributed by atoms with Crippen molar-refractivity contribution in [3.8, 4) is 11.5 Å². The van der Waals surface area contributed by atoms with Crippen LogP contribution >= 0.6 is 11.6 Å². The van der Waals surface area contributed by atoms with Gasteiger partial charge in [-0.25, -0.2) is 8.42 Å². The molecular weight excluding hydrogens is 471 g/mol. The van der Waals surface area contributed by atoms with Crippen LogP contribution < -0.4 is 9.47 Å². The van der Waals surface area contributed by atoms with E-state index in [0.29, 0.717) is 5.75 Å². The fourth-order valence-corrected chi connectivity index (χ4v) is 5.89. The average molecular weight is 490 g/mol. The lowest BCUT2D eigenvalue weighted by Gasteiger charge is -2.44. The number of carbonyl (C=O) groups excluding carboxylic acids is 1. The summed E-state index contributed by atoms with van der Waals surface area (Å²) in [6.07, 6.45) is -4.63. The Hall–Kier alpha value is -2.30. The summed E-state index contributed by atoms with van der Waals surface area (Å²) in [5, 5.41) is 0.138. The Morgan fingerprint density at radius 1 is 1.16 bits per heavy atom. The molecule has 0 amide bonds. The quantitative estimate of drug-likeness (QED) is 0.632. The van der Waals surface area contributed by atoms with Gasteiger partial charge in [-0.2, -0.15) is 17.5 Å². The zero-order chi connectivity index (χ0) is 23.3. The minimum atomic E-state index is -4.68. The smallest absolute Gasteiger partial charge is 0.419 e. The van der Waals surface area contributed by atoms with E-state index in [9.17, 15) is 26.4 Å². The highest BCUT2D eigenvalue weighted by molar-refractivity contribution is 7.89. The highest BCUT2D eigenvalue weighted by atomic mass is 35.5. The highest BCUT2D eigenvalue weighted by Crippen LogP contribution is 2.46. The number of fused-ring (bicyclic) bond motifs is 1. The Bertz CT molecular complexity index is 1170. The number of hydrogen-bond acceptors (Lipinski definition) is 5. The topological polar surface area (TPSA) is 72.9 Å². The largest absolute Gasteiger partial charge is 0.495 e. The van der Waals surface area contributed by atoms with E-state index in [4.69, 9.17) is 21.1 Å². The molecule has 4 rings (SSSR count). The van der Waals surface area contributed by atoms with E-state index in [0.717, 1.165) is 6.07 Å². The minimum Gasteiger partial charge on any atom is -0.495 e. The summed E-state index contributed by atoms with van der Waals surface area (Å²) in [6, 6.07) is 7.46. The molecule has 0 bridgehead atoms. The monoisotopic (exact) mass is 489 g/mol. The molecular formula is C21H19ClF3NO5S. The molecule has 1 saturated heterocycles. The van der Waals surface area contributed by atoms with Crippen molar-refractivity contribution in [2.45, 2.75) is 35.9 Å². The molecule has 0 aromatic heterocycles. The number of nitrogens with zero attached hydrogens (tertiary/aromatic N) is 1. The Morgan fingerprint density at radius 2 is 1.84 bits per heavy atom. The molecule has 0 saturated carbocycles. The number of rotatable bonds is 3. The number of hydrogen-bond donors (Lipinski definition) is 0. The van der Waals surface area contributed by atoms with Gasteiger partial charge in [-0.15, -0.1) is 0 Å². The van der Waals surface area contributed by atoms with E-state index in [2.05, 4.69) is 0 Å². The molecule has 32 heavy (non-hydrogen) atoms. The molecule has 0 N–H and O–H groups in total. The summed E-state index contributed by atoms with van der Waals surface area (Å²) in [5.74, 6) is -0.596. The summed E-state index contributed by atoms with van der Waals surface area (Å²) in [6.45, 7) is -0.0223. The second kappa shape index (κ2) is 7.93.